The first-order chi connectivity index (χ1) is 4.66. The van der Waals surface area contributed by atoms with Crippen molar-refractivity contribution in [3.8, 4) is 0 Å². The second-order valence-corrected chi connectivity index (χ2v) is 3.27. The molecule has 1 aliphatic rings. The molecule has 0 radical (unpaired) electrons. The van der Waals surface area contributed by atoms with Gasteiger partial charge in [0, 0.05) is 0 Å². The van der Waals surface area contributed by atoms with E-state index in [0.29, 0.717) is 11.8 Å². The molecule has 1 rings (SSSR count). The molecule has 0 unspecified atom stereocenters. The Balaban J connectivity index is 2.31. The Kier molecular flexibility index (Phi) is 1.97. The maximum atomic E-state index is 10.9. The minimum absolute atomic E-state index is 0.0290. The Bertz CT molecular complexity index is 140. The summed E-state index contributed by atoms with van der Waals surface area (Å²) < 4.78 is 4.62. The minimum atomic E-state index is -0.0290. The molecule has 0 bridgehead atoms. The van der Waals surface area contributed by atoms with E-state index in [9.17, 15) is 4.79 Å². The van der Waals surface area contributed by atoms with Crippen molar-refractivity contribution in [3.63, 3.8) is 0 Å². The second kappa shape index (κ2) is 2.60. The van der Waals surface area contributed by atoms with Crippen LogP contribution in [0.1, 0.15) is 20.3 Å². The lowest BCUT2D eigenvalue weighted by atomic mass is 10.1. The van der Waals surface area contributed by atoms with E-state index in [-0.39, 0.29) is 11.9 Å². The lowest BCUT2D eigenvalue weighted by Gasteiger charge is -2.00. The molecular weight excluding hydrogens is 128 g/mol. The van der Waals surface area contributed by atoms with Crippen LogP contribution in [0.15, 0.2) is 0 Å². The molecule has 2 nitrogen and oxygen atoms in total. The van der Waals surface area contributed by atoms with E-state index in [2.05, 4.69) is 18.6 Å². The smallest absolute Gasteiger partial charge is 0.308 e. The van der Waals surface area contributed by atoms with Crippen LogP contribution in [0.3, 0.4) is 0 Å². The van der Waals surface area contributed by atoms with Gasteiger partial charge in [0.2, 0.25) is 0 Å². The number of carbonyl (C=O) groups is 1. The monoisotopic (exact) mass is 142 g/mol. The van der Waals surface area contributed by atoms with Crippen LogP contribution >= 0.6 is 0 Å². The molecule has 1 saturated carbocycles. The molecule has 1 aliphatic carbocycles. The van der Waals surface area contributed by atoms with Gasteiger partial charge in [0.1, 0.15) is 0 Å². The number of carbonyl (C=O) groups excluding carboxylic acids is 1. The third kappa shape index (κ3) is 1.31. The highest BCUT2D eigenvalue weighted by molar-refractivity contribution is 5.75. The molecule has 2 heteroatoms. The van der Waals surface area contributed by atoms with E-state index < -0.39 is 0 Å². The minimum Gasteiger partial charge on any atom is -0.469 e. The van der Waals surface area contributed by atoms with Crippen LogP contribution in [-0.4, -0.2) is 13.1 Å². The van der Waals surface area contributed by atoms with E-state index in [1.54, 1.807) is 0 Å². The Morgan fingerprint density at radius 1 is 1.60 bits per heavy atom. The summed E-state index contributed by atoms with van der Waals surface area (Å²) in [5.74, 6) is 1.40. The summed E-state index contributed by atoms with van der Waals surface area (Å²) in [6.07, 6.45) is 1.03. The van der Waals surface area contributed by atoms with Crippen molar-refractivity contribution in [2.45, 2.75) is 20.3 Å². The predicted octanol–water partition coefficient (Wildman–Crippen LogP) is 1.45. The number of methoxy groups -OCH3 is 1. The maximum Gasteiger partial charge on any atom is 0.308 e. The first kappa shape index (κ1) is 7.58. The Labute approximate surface area is 61.6 Å². The summed E-state index contributed by atoms with van der Waals surface area (Å²) in [6, 6.07) is 0. The summed E-state index contributed by atoms with van der Waals surface area (Å²) in [4.78, 5) is 10.9. The van der Waals surface area contributed by atoms with Crippen molar-refractivity contribution in [1.82, 2.24) is 0 Å². The summed E-state index contributed by atoms with van der Waals surface area (Å²) in [7, 11) is 1.46. The van der Waals surface area contributed by atoms with Gasteiger partial charge in [-0.15, -0.1) is 0 Å². The first-order valence-corrected chi connectivity index (χ1v) is 3.74. The Morgan fingerprint density at radius 3 is 2.50 bits per heavy atom. The van der Waals surface area contributed by atoms with Crippen LogP contribution in [0.25, 0.3) is 0 Å². The van der Waals surface area contributed by atoms with Crippen LogP contribution in [0.2, 0.25) is 0 Å². The molecule has 0 N–H and O–H groups in total. The molecule has 0 heterocycles. The van der Waals surface area contributed by atoms with Gasteiger partial charge in [-0.1, -0.05) is 13.8 Å². The fourth-order valence-electron chi connectivity index (χ4n) is 1.37. The van der Waals surface area contributed by atoms with E-state index in [1.165, 1.54) is 7.11 Å². The molecule has 58 valence electrons. The quantitative estimate of drug-likeness (QED) is 0.545. The largest absolute Gasteiger partial charge is 0.469 e. The number of esters is 1. The third-order valence-corrected chi connectivity index (χ3v) is 2.20. The lowest BCUT2D eigenvalue weighted by molar-refractivity contribution is -0.142. The zero-order chi connectivity index (χ0) is 7.72. The van der Waals surface area contributed by atoms with Crippen LogP contribution in [0, 0.1) is 17.8 Å². The standard InChI is InChI=1S/C8H14O2/c1-5(2)6-4-7(6)8(9)10-3/h5-7H,4H2,1-3H3/t6-,7+/m0/s1. The lowest BCUT2D eigenvalue weighted by Crippen LogP contribution is -2.06. The van der Waals surface area contributed by atoms with Gasteiger partial charge in [-0.2, -0.15) is 0 Å². The Morgan fingerprint density at radius 2 is 2.20 bits per heavy atom. The van der Waals surface area contributed by atoms with Gasteiger partial charge in [-0.3, -0.25) is 4.79 Å². The highest BCUT2D eigenvalue weighted by Crippen LogP contribution is 2.44. The number of rotatable bonds is 2. The average molecular weight is 142 g/mol. The predicted molar refractivity (Wildman–Crippen MR) is 38.5 cm³/mol. The zero-order valence-corrected chi connectivity index (χ0v) is 6.76. The van der Waals surface area contributed by atoms with Crippen molar-refractivity contribution >= 4 is 5.97 Å². The molecule has 0 aromatic heterocycles. The molecule has 0 spiro atoms. The highest BCUT2D eigenvalue weighted by Gasteiger charge is 2.45. The van der Waals surface area contributed by atoms with Gasteiger partial charge < -0.3 is 4.74 Å². The molecule has 2 atom stereocenters. The summed E-state index contributed by atoms with van der Waals surface area (Å²) in [5.41, 5.74) is 0. The van der Waals surface area contributed by atoms with Gasteiger partial charge in [0.05, 0.1) is 13.0 Å². The van der Waals surface area contributed by atoms with Gasteiger partial charge in [0.15, 0.2) is 0 Å². The number of hydrogen-bond acceptors (Lipinski definition) is 2. The first-order valence-electron chi connectivity index (χ1n) is 3.74. The maximum absolute atomic E-state index is 10.9. The van der Waals surface area contributed by atoms with E-state index in [0.717, 1.165) is 6.42 Å². The van der Waals surface area contributed by atoms with Gasteiger partial charge in [-0.25, -0.2) is 0 Å². The highest BCUT2D eigenvalue weighted by atomic mass is 16.5. The average Bonchev–Trinajstić information content (AvgIpc) is 2.64. The van der Waals surface area contributed by atoms with E-state index >= 15 is 0 Å². The van der Waals surface area contributed by atoms with Crippen molar-refractivity contribution in [1.29, 1.82) is 0 Å². The zero-order valence-electron chi connectivity index (χ0n) is 6.76. The SMILES string of the molecule is COC(=O)[C@@H]1C[C@H]1C(C)C. The summed E-state index contributed by atoms with van der Waals surface area (Å²) >= 11 is 0. The molecule has 1 fully saturated rings. The second-order valence-electron chi connectivity index (χ2n) is 3.27. The van der Waals surface area contributed by atoms with Crippen LogP contribution in [-0.2, 0) is 9.53 Å². The van der Waals surface area contributed by atoms with Crippen molar-refractivity contribution in [2.24, 2.45) is 17.8 Å². The molecule has 0 aromatic rings. The summed E-state index contributed by atoms with van der Waals surface area (Å²) in [6.45, 7) is 4.29. The van der Waals surface area contributed by atoms with Crippen molar-refractivity contribution < 1.29 is 9.53 Å². The molecule has 0 aromatic carbocycles. The topological polar surface area (TPSA) is 26.3 Å². The normalized spacial score (nSPS) is 30.4. The van der Waals surface area contributed by atoms with Gasteiger partial charge >= 0.3 is 5.97 Å². The van der Waals surface area contributed by atoms with Crippen LogP contribution in [0.5, 0.6) is 0 Å². The fourth-order valence-corrected chi connectivity index (χ4v) is 1.37. The van der Waals surface area contributed by atoms with Gasteiger partial charge in [0.25, 0.3) is 0 Å². The number of hydrogen-bond donors (Lipinski definition) is 0. The molecule has 0 saturated heterocycles. The molecule has 0 aliphatic heterocycles. The van der Waals surface area contributed by atoms with E-state index in [1.807, 2.05) is 0 Å². The third-order valence-electron chi connectivity index (χ3n) is 2.20. The fraction of sp³-hybridized carbons (Fsp3) is 0.875. The van der Waals surface area contributed by atoms with Crippen molar-refractivity contribution in [3.05, 3.63) is 0 Å². The Hall–Kier alpha value is -0.530. The van der Waals surface area contributed by atoms with Crippen molar-refractivity contribution in [2.75, 3.05) is 7.11 Å². The number of ether oxygens (including phenoxy) is 1. The molecule has 0 amide bonds. The summed E-state index contributed by atoms with van der Waals surface area (Å²) in [5, 5.41) is 0. The molecular formula is C8H14O2. The van der Waals surface area contributed by atoms with Crippen LogP contribution < -0.4 is 0 Å². The van der Waals surface area contributed by atoms with Gasteiger partial charge in [-0.05, 0) is 18.3 Å². The molecule has 10 heavy (non-hydrogen) atoms. The van der Waals surface area contributed by atoms with Crippen LogP contribution in [0.4, 0.5) is 0 Å². The van der Waals surface area contributed by atoms with E-state index in [4.69, 9.17) is 0 Å².